The smallest absolute Gasteiger partial charge is 0.0546 e. The Morgan fingerprint density at radius 3 is 2.31 bits per heavy atom. The van der Waals surface area contributed by atoms with Crippen LogP contribution >= 0.6 is 0 Å². The molecule has 0 aliphatic heterocycles. The molecule has 3 N–H and O–H groups in total. The van der Waals surface area contributed by atoms with Crippen LogP contribution in [0.3, 0.4) is 0 Å². The van der Waals surface area contributed by atoms with Gasteiger partial charge in [0.1, 0.15) is 0 Å². The van der Waals surface area contributed by atoms with Gasteiger partial charge in [-0.25, -0.2) is 0 Å². The van der Waals surface area contributed by atoms with E-state index in [2.05, 4.69) is 52.2 Å². The molecule has 1 aromatic carbocycles. The van der Waals surface area contributed by atoms with Crippen molar-refractivity contribution in [2.75, 3.05) is 5.43 Å². The average Bonchev–Trinajstić information content (AvgIpc) is 2.16. The zero-order valence-electron chi connectivity index (χ0n) is 11.1. The molecule has 2 nitrogen and oxygen atoms in total. The molecule has 16 heavy (non-hydrogen) atoms. The van der Waals surface area contributed by atoms with Crippen molar-refractivity contribution in [1.29, 1.82) is 0 Å². The summed E-state index contributed by atoms with van der Waals surface area (Å²) in [6, 6.07) is 4.51. The Hall–Kier alpha value is -1.02. The van der Waals surface area contributed by atoms with E-state index < -0.39 is 0 Å². The third kappa shape index (κ3) is 2.76. The number of nitrogens with two attached hydrogens (primary N) is 1. The van der Waals surface area contributed by atoms with Gasteiger partial charge in [0, 0.05) is 0 Å². The first-order valence-corrected chi connectivity index (χ1v) is 6.00. The number of hydrogen-bond donors (Lipinski definition) is 2. The third-order valence-electron chi connectivity index (χ3n) is 2.95. The van der Waals surface area contributed by atoms with Gasteiger partial charge in [-0.2, -0.15) is 0 Å². The highest BCUT2D eigenvalue weighted by Gasteiger charge is 2.16. The Bertz CT molecular complexity index is 362. The summed E-state index contributed by atoms with van der Waals surface area (Å²) < 4.78 is 0. The molecule has 0 fully saturated rings. The second-order valence-corrected chi connectivity index (χ2v) is 5.47. The van der Waals surface area contributed by atoms with Gasteiger partial charge in [-0.1, -0.05) is 46.2 Å². The van der Waals surface area contributed by atoms with E-state index in [9.17, 15) is 0 Å². The standard InChI is InChI=1S/C14H24N2/c1-6-7-11-9-12(14(3,4)5)8-10(2)13(11)16-15/h8-9,16H,6-7,15H2,1-5H3. The van der Waals surface area contributed by atoms with Crippen LogP contribution in [0.1, 0.15) is 50.8 Å². The van der Waals surface area contributed by atoms with E-state index in [1.807, 2.05) is 0 Å². The van der Waals surface area contributed by atoms with Gasteiger partial charge >= 0.3 is 0 Å². The first kappa shape index (κ1) is 13.0. The van der Waals surface area contributed by atoms with Crippen molar-refractivity contribution < 1.29 is 0 Å². The van der Waals surface area contributed by atoms with Gasteiger partial charge in [0.05, 0.1) is 5.69 Å². The Kier molecular flexibility index (Phi) is 3.98. The summed E-state index contributed by atoms with van der Waals surface area (Å²) in [6.07, 6.45) is 2.21. The zero-order valence-corrected chi connectivity index (χ0v) is 11.1. The summed E-state index contributed by atoms with van der Waals surface area (Å²) >= 11 is 0. The fourth-order valence-corrected chi connectivity index (χ4v) is 1.97. The third-order valence-corrected chi connectivity index (χ3v) is 2.95. The van der Waals surface area contributed by atoms with Gasteiger partial charge in [0.2, 0.25) is 0 Å². The van der Waals surface area contributed by atoms with Gasteiger partial charge in [-0.15, -0.1) is 0 Å². The number of anilines is 1. The molecule has 0 heterocycles. The summed E-state index contributed by atoms with van der Waals surface area (Å²) in [7, 11) is 0. The highest BCUT2D eigenvalue weighted by atomic mass is 15.2. The van der Waals surface area contributed by atoms with Crippen LogP contribution in [0.5, 0.6) is 0 Å². The lowest BCUT2D eigenvalue weighted by atomic mass is 9.84. The first-order chi connectivity index (χ1) is 7.40. The summed E-state index contributed by atoms with van der Waals surface area (Å²) in [5, 5.41) is 0. The van der Waals surface area contributed by atoms with Crippen LogP contribution in [0.25, 0.3) is 0 Å². The molecule has 0 aliphatic rings. The van der Waals surface area contributed by atoms with Gasteiger partial charge in [0.15, 0.2) is 0 Å². The maximum Gasteiger partial charge on any atom is 0.0546 e. The van der Waals surface area contributed by atoms with E-state index >= 15 is 0 Å². The van der Waals surface area contributed by atoms with Crippen molar-refractivity contribution in [3.8, 4) is 0 Å². The van der Waals surface area contributed by atoms with Crippen LogP contribution in [0.4, 0.5) is 5.69 Å². The van der Waals surface area contributed by atoms with Crippen molar-refractivity contribution in [3.63, 3.8) is 0 Å². The maximum atomic E-state index is 5.59. The van der Waals surface area contributed by atoms with Crippen molar-refractivity contribution >= 4 is 5.69 Å². The van der Waals surface area contributed by atoms with Crippen LogP contribution in [0.2, 0.25) is 0 Å². The summed E-state index contributed by atoms with van der Waals surface area (Å²) in [5.74, 6) is 5.59. The Morgan fingerprint density at radius 2 is 1.88 bits per heavy atom. The Balaban J connectivity index is 3.28. The van der Waals surface area contributed by atoms with E-state index in [-0.39, 0.29) is 5.41 Å². The van der Waals surface area contributed by atoms with Crippen molar-refractivity contribution in [3.05, 3.63) is 28.8 Å². The van der Waals surface area contributed by atoms with E-state index in [4.69, 9.17) is 5.84 Å². The summed E-state index contributed by atoms with van der Waals surface area (Å²) in [4.78, 5) is 0. The number of aryl methyl sites for hydroxylation is 2. The molecular formula is C14H24N2. The number of rotatable bonds is 3. The van der Waals surface area contributed by atoms with Gasteiger partial charge < -0.3 is 5.43 Å². The number of hydrogen-bond acceptors (Lipinski definition) is 2. The lowest BCUT2D eigenvalue weighted by Gasteiger charge is -2.23. The normalized spacial score (nSPS) is 11.6. The van der Waals surface area contributed by atoms with E-state index in [1.54, 1.807) is 0 Å². The lowest BCUT2D eigenvalue weighted by Crippen LogP contribution is -2.15. The van der Waals surface area contributed by atoms with Gasteiger partial charge in [-0.3, -0.25) is 5.84 Å². The highest BCUT2D eigenvalue weighted by Crippen LogP contribution is 2.30. The van der Waals surface area contributed by atoms with E-state index in [0.717, 1.165) is 18.5 Å². The monoisotopic (exact) mass is 220 g/mol. The van der Waals surface area contributed by atoms with Gasteiger partial charge in [-0.05, 0) is 35.4 Å². The van der Waals surface area contributed by atoms with Crippen molar-refractivity contribution in [2.24, 2.45) is 5.84 Å². The Morgan fingerprint density at radius 1 is 1.25 bits per heavy atom. The number of benzene rings is 1. The zero-order chi connectivity index (χ0) is 12.3. The number of nitrogens with one attached hydrogen (secondary N) is 1. The predicted molar refractivity (Wildman–Crippen MR) is 71.7 cm³/mol. The maximum absolute atomic E-state index is 5.59. The largest absolute Gasteiger partial charge is 0.324 e. The highest BCUT2D eigenvalue weighted by molar-refractivity contribution is 5.58. The molecule has 0 aliphatic carbocycles. The minimum atomic E-state index is 0.195. The van der Waals surface area contributed by atoms with Crippen LogP contribution in [-0.2, 0) is 11.8 Å². The fourth-order valence-electron chi connectivity index (χ4n) is 1.97. The topological polar surface area (TPSA) is 38.0 Å². The molecule has 0 aromatic heterocycles. The van der Waals surface area contributed by atoms with Crippen LogP contribution in [0, 0.1) is 6.92 Å². The minimum Gasteiger partial charge on any atom is -0.324 e. The second-order valence-electron chi connectivity index (χ2n) is 5.47. The lowest BCUT2D eigenvalue weighted by molar-refractivity contribution is 0.588. The van der Waals surface area contributed by atoms with Crippen molar-refractivity contribution in [1.82, 2.24) is 0 Å². The molecular weight excluding hydrogens is 196 g/mol. The summed E-state index contributed by atoms with van der Waals surface area (Å²) in [6.45, 7) is 11.0. The molecule has 1 rings (SSSR count). The molecule has 0 saturated heterocycles. The number of nitrogen functional groups attached to an aromatic ring is 1. The first-order valence-electron chi connectivity index (χ1n) is 6.00. The van der Waals surface area contributed by atoms with E-state index in [1.165, 1.54) is 16.7 Å². The molecule has 0 radical (unpaired) electrons. The molecule has 0 unspecified atom stereocenters. The summed E-state index contributed by atoms with van der Waals surface area (Å²) in [5.41, 5.74) is 8.06. The molecule has 0 amide bonds. The van der Waals surface area contributed by atoms with Crippen LogP contribution in [0.15, 0.2) is 12.1 Å². The average molecular weight is 220 g/mol. The number of hydrazine groups is 1. The predicted octanol–water partition coefficient (Wildman–Crippen LogP) is 3.53. The molecule has 0 spiro atoms. The SMILES string of the molecule is CCCc1cc(C(C)(C)C)cc(C)c1NN. The molecule has 0 bridgehead atoms. The molecule has 0 atom stereocenters. The molecule has 0 saturated carbocycles. The quantitative estimate of drug-likeness (QED) is 0.604. The van der Waals surface area contributed by atoms with Crippen molar-refractivity contribution in [2.45, 2.75) is 52.9 Å². The fraction of sp³-hybridized carbons (Fsp3) is 0.571. The molecule has 1 aromatic rings. The van der Waals surface area contributed by atoms with E-state index in [0.29, 0.717) is 0 Å². The minimum absolute atomic E-state index is 0.195. The Labute approximate surface area is 99.2 Å². The molecule has 2 heteroatoms. The second kappa shape index (κ2) is 4.88. The van der Waals surface area contributed by atoms with Crippen LogP contribution < -0.4 is 11.3 Å². The van der Waals surface area contributed by atoms with Crippen LogP contribution in [-0.4, -0.2) is 0 Å². The van der Waals surface area contributed by atoms with Gasteiger partial charge in [0.25, 0.3) is 0 Å². The molecule has 90 valence electrons.